The number of nitrogens with zero attached hydrogens (tertiary/aromatic N) is 1. The predicted octanol–water partition coefficient (Wildman–Crippen LogP) is 9.60. The van der Waals surface area contributed by atoms with Crippen molar-refractivity contribution in [3.05, 3.63) is 127 Å². The van der Waals surface area contributed by atoms with Crippen LogP contribution in [-0.2, 0) is 5.54 Å². The minimum atomic E-state index is -0.401. The lowest BCUT2D eigenvalue weighted by Crippen LogP contribution is -2.35. The number of nitrogens with one attached hydrogen (secondary N) is 2. The van der Waals surface area contributed by atoms with E-state index >= 15 is 0 Å². The molecule has 0 radical (unpaired) electrons. The van der Waals surface area contributed by atoms with Gasteiger partial charge in [0.15, 0.2) is 0 Å². The summed E-state index contributed by atoms with van der Waals surface area (Å²) in [5.74, 6) is 0. The van der Waals surface area contributed by atoms with Crippen LogP contribution in [0.2, 0.25) is 0 Å². The molecule has 0 saturated carbocycles. The van der Waals surface area contributed by atoms with Crippen LogP contribution in [-0.4, -0.2) is 0 Å². The fraction of sp³-hybridized carbons (Fsp3) is 0.143. The third-order valence-corrected chi connectivity index (χ3v) is 7.91. The largest absolute Gasteiger partial charge is 0.352 e. The van der Waals surface area contributed by atoms with Crippen LogP contribution in [0.25, 0.3) is 11.1 Å². The average Bonchev–Trinajstić information content (AvgIpc) is 3.01. The van der Waals surface area contributed by atoms with E-state index in [4.69, 9.17) is 5.73 Å². The third-order valence-electron chi connectivity index (χ3n) is 7.91. The molecule has 5 aromatic rings. The van der Waals surface area contributed by atoms with E-state index in [2.05, 4.69) is 151 Å². The zero-order valence-electron chi connectivity index (χ0n) is 22.5. The second kappa shape index (κ2) is 10.3. The number of fused-ring (bicyclic) bond motifs is 2. The highest BCUT2D eigenvalue weighted by Gasteiger charge is 2.30. The molecule has 39 heavy (non-hydrogen) atoms. The van der Waals surface area contributed by atoms with Gasteiger partial charge in [-0.15, -0.1) is 0 Å². The Kier molecular flexibility index (Phi) is 6.55. The summed E-state index contributed by atoms with van der Waals surface area (Å²) in [6.07, 6.45) is 1.73. The van der Waals surface area contributed by atoms with E-state index in [0.717, 1.165) is 63.8 Å². The molecule has 1 aliphatic rings. The molecule has 1 heterocycles. The van der Waals surface area contributed by atoms with E-state index in [-0.39, 0.29) is 0 Å². The maximum absolute atomic E-state index is 6.99. The molecule has 0 saturated heterocycles. The van der Waals surface area contributed by atoms with Gasteiger partial charge >= 0.3 is 0 Å². The lowest BCUT2D eigenvalue weighted by molar-refractivity contribution is 0.414. The Balaban J connectivity index is 1.61. The molecule has 5 aromatic carbocycles. The summed E-state index contributed by atoms with van der Waals surface area (Å²) in [5, 5.41) is 7.58. The Hall–Kier alpha value is -4.54. The van der Waals surface area contributed by atoms with Crippen LogP contribution in [0, 0.1) is 0 Å². The van der Waals surface area contributed by atoms with Gasteiger partial charge in [-0.2, -0.15) is 0 Å². The van der Waals surface area contributed by atoms with Crippen molar-refractivity contribution in [3.8, 4) is 11.1 Å². The van der Waals surface area contributed by atoms with Crippen LogP contribution in [0.5, 0.6) is 0 Å². The number of hydrogen-bond acceptors (Lipinski definition) is 4. The van der Waals surface area contributed by atoms with Gasteiger partial charge in [-0.3, -0.25) is 0 Å². The smallest absolute Gasteiger partial charge is 0.0875 e. The highest BCUT2D eigenvalue weighted by atomic mass is 15.2. The van der Waals surface area contributed by atoms with Crippen molar-refractivity contribution in [3.63, 3.8) is 0 Å². The van der Waals surface area contributed by atoms with Crippen LogP contribution in [0.3, 0.4) is 0 Å². The van der Waals surface area contributed by atoms with Gasteiger partial charge in [-0.05, 0) is 66.4 Å². The molecular formula is C35H34N4. The fourth-order valence-electron chi connectivity index (χ4n) is 5.59. The topological polar surface area (TPSA) is 53.3 Å². The Morgan fingerprint density at radius 1 is 0.564 bits per heavy atom. The standard InChI is InChI=1S/C35H34N4/c1-3-35(36,4-2)29-20-12-11-19-27(29)28-23-24-32(34-33(28)37-30-21-13-14-22-31(30)38-34)39(25-15-7-5-8-16-25)26-17-9-6-10-18-26/h5-24,37-38H,3-4,36H2,1-2H3. The van der Waals surface area contributed by atoms with E-state index in [1.807, 2.05) is 0 Å². The normalized spacial score (nSPS) is 12.1. The maximum Gasteiger partial charge on any atom is 0.0875 e. The number of benzene rings is 5. The summed E-state index contributed by atoms with van der Waals surface area (Å²) in [6, 6.07) is 42.5. The lowest BCUT2D eigenvalue weighted by Gasteiger charge is -2.34. The van der Waals surface area contributed by atoms with Crippen molar-refractivity contribution in [2.45, 2.75) is 32.2 Å². The fourth-order valence-corrected chi connectivity index (χ4v) is 5.59. The first-order valence-corrected chi connectivity index (χ1v) is 13.7. The van der Waals surface area contributed by atoms with Crippen molar-refractivity contribution in [1.82, 2.24) is 0 Å². The van der Waals surface area contributed by atoms with E-state index in [1.54, 1.807) is 0 Å². The SMILES string of the molecule is CCC(N)(CC)c1ccccc1-c1ccc(N(c2ccccc2)c2ccccc2)c2c1Nc1ccccc1N2. The number of para-hydroxylation sites is 4. The van der Waals surface area contributed by atoms with Gasteiger partial charge < -0.3 is 21.3 Å². The van der Waals surface area contributed by atoms with Gasteiger partial charge in [0.25, 0.3) is 0 Å². The summed E-state index contributed by atoms with van der Waals surface area (Å²) in [7, 11) is 0. The van der Waals surface area contributed by atoms with Crippen molar-refractivity contribution in [1.29, 1.82) is 0 Å². The molecule has 1 aliphatic heterocycles. The van der Waals surface area contributed by atoms with Crippen LogP contribution >= 0.6 is 0 Å². The van der Waals surface area contributed by atoms with Gasteiger partial charge in [0.05, 0.1) is 28.4 Å². The molecule has 0 unspecified atom stereocenters. The molecule has 0 spiro atoms. The highest BCUT2D eigenvalue weighted by molar-refractivity contribution is 6.05. The van der Waals surface area contributed by atoms with Gasteiger partial charge in [-0.25, -0.2) is 0 Å². The van der Waals surface area contributed by atoms with E-state index in [9.17, 15) is 0 Å². The predicted molar refractivity (Wildman–Crippen MR) is 166 cm³/mol. The van der Waals surface area contributed by atoms with Crippen molar-refractivity contribution in [2.24, 2.45) is 5.73 Å². The third kappa shape index (κ3) is 4.43. The monoisotopic (exact) mass is 510 g/mol. The molecule has 0 fully saturated rings. The molecule has 0 bridgehead atoms. The lowest BCUT2D eigenvalue weighted by atomic mass is 9.80. The van der Waals surface area contributed by atoms with E-state index in [0.29, 0.717) is 0 Å². The average molecular weight is 511 g/mol. The molecule has 4 N–H and O–H groups in total. The molecule has 0 atom stereocenters. The van der Waals surface area contributed by atoms with Crippen molar-refractivity contribution >= 4 is 39.8 Å². The molecule has 4 nitrogen and oxygen atoms in total. The van der Waals surface area contributed by atoms with Crippen molar-refractivity contribution in [2.75, 3.05) is 15.5 Å². The Morgan fingerprint density at radius 3 is 1.67 bits per heavy atom. The van der Waals surface area contributed by atoms with Gasteiger partial charge in [0.2, 0.25) is 0 Å². The molecule has 0 amide bonds. The van der Waals surface area contributed by atoms with Crippen LogP contribution < -0.4 is 21.3 Å². The zero-order chi connectivity index (χ0) is 26.8. The number of rotatable bonds is 7. The van der Waals surface area contributed by atoms with E-state index in [1.165, 1.54) is 5.56 Å². The highest BCUT2D eigenvalue weighted by Crippen LogP contribution is 2.52. The second-order valence-electron chi connectivity index (χ2n) is 10.1. The molecule has 194 valence electrons. The van der Waals surface area contributed by atoms with Crippen LogP contribution in [0.4, 0.5) is 39.8 Å². The van der Waals surface area contributed by atoms with Crippen LogP contribution in [0.1, 0.15) is 32.3 Å². The molecule has 4 heteroatoms. The first kappa shape index (κ1) is 24.8. The van der Waals surface area contributed by atoms with Crippen molar-refractivity contribution < 1.29 is 0 Å². The maximum atomic E-state index is 6.99. The Morgan fingerprint density at radius 2 is 1.08 bits per heavy atom. The van der Waals surface area contributed by atoms with Gasteiger partial charge in [0, 0.05) is 22.5 Å². The zero-order valence-corrected chi connectivity index (χ0v) is 22.5. The second-order valence-corrected chi connectivity index (χ2v) is 10.1. The number of nitrogens with two attached hydrogens (primary N) is 1. The molecule has 0 aromatic heterocycles. The van der Waals surface area contributed by atoms with E-state index < -0.39 is 5.54 Å². The first-order chi connectivity index (χ1) is 19.1. The summed E-state index contributed by atoms with van der Waals surface area (Å²) >= 11 is 0. The summed E-state index contributed by atoms with van der Waals surface area (Å²) in [4.78, 5) is 2.31. The van der Waals surface area contributed by atoms with Gasteiger partial charge in [-0.1, -0.05) is 92.7 Å². The summed E-state index contributed by atoms with van der Waals surface area (Å²) in [5.41, 5.74) is 17.5. The molecule has 0 aliphatic carbocycles. The van der Waals surface area contributed by atoms with Gasteiger partial charge in [0.1, 0.15) is 0 Å². The minimum absolute atomic E-state index is 0.401. The summed E-state index contributed by atoms with van der Waals surface area (Å²) < 4.78 is 0. The molecule has 6 rings (SSSR count). The quantitative estimate of drug-likeness (QED) is 0.200. The van der Waals surface area contributed by atoms with Crippen LogP contribution in [0.15, 0.2) is 121 Å². The molecular weight excluding hydrogens is 476 g/mol. The minimum Gasteiger partial charge on any atom is -0.352 e. The summed E-state index contributed by atoms with van der Waals surface area (Å²) in [6.45, 7) is 4.35. The first-order valence-electron chi connectivity index (χ1n) is 13.7. The number of anilines is 7. The Bertz CT molecular complexity index is 1550. The Labute approximate surface area is 231 Å². The number of hydrogen-bond donors (Lipinski definition) is 3.